The zero-order valence-corrected chi connectivity index (χ0v) is 7.11. The Hall–Kier alpha value is -0.690. The van der Waals surface area contributed by atoms with Gasteiger partial charge in [-0.25, -0.2) is 5.43 Å². The smallest absolute Gasteiger partial charge is 0.322 e. The van der Waals surface area contributed by atoms with Gasteiger partial charge in [-0.1, -0.05) is 0 Å². The molecule has 0 aliphatic heterocycles. The Morgan fingerprint density at radius 2 is 2.08 bits per heavy atom. The molecule has 6 heteroatoms. The second-order valence-corrected chi connectivity index (χ2v) is 2.19. The fraction of sp³-hybridized carbons (Fsp3) is 0.833. The normalized spacial score (nSPS) is 13.3. The monoisotopic (exact) mass is 178 g/mol. The quantitative estimate of drug-likeness (QED) is 0.272. The van der Waals surface area contributed by atoms with Crippen molar-refractivity contribution in [3.63, 3.8) is 0 Å². The third-order valence-electron chi connectivity index (χ3n) is 1.45. The molecule has 0 aliphatic rings. The highest BCUT2D eigenvalue weighted by molar-refractivity contribution is 5.73. The van der Waals surface area contributed by atoms with Crippen molar-refractivity contribution in [2.24, 2.45) is 5.84 Å². The van der Waals surface area contributed by atoms with Crippen LogP contribution in [0.5, 0.6) is 0 Å². The van der Waals surface area contributed by atoms with Crippen LogP contribution in [-0.4, -0.2) is 37.6 Å². The molecule has 72 valence electrons. The second kappa shape index (κ2) is 5.90. The molecule has 4 N–H and O–H groups in total. The summed E-state index contributed by atoms with van der Waals surface area (Å²) in [6, 6.07) is -0.852. The summed E-state index contributed by atoms with van der Waals surface area (Å²) in [5.41, 5.74) is 2.14. The Balaban J connectivity index is 3.91. The van der Waals surface area contributed by atoms with E-state index in [0.29, 0.717) is 0 Å². The predicted octanol–water partition coefficient (Wildman–Crippen LogP) is -1.09. The number of hydrogen-bond donors (Lipinski definition) is 3. The van der Waals surface area contributed by atoms with Gasteiger partial charge in [0.1, 0.15) is 6.04 Å². The molecular formula is C6H14N2O4. The summed E-state index contributed by atoms with van der Waals surface area (Å²) < 4.78 is 9.60. The van der Waals surface area contributed by atoms with Gasteiger partial charge in [0, 0.05) is 20.6 Å². The van der Waals surface area contributed by atoms with E-state index >= 15 is 0 Å². The first-order valence-electron chi connectivity index (χ1n) is 3.40. The van der Waals surface area contributed by atoms with Gasteiger partial charge in [-0.2, -0.15) is 0 Å². The lowest BCUT2D eigenvalue weighted by Crippen LogP contribution is -2.44. The molecule has 0 amide bonds. The Kier molecular flexibility index (Phi) is 5.56. The number of nitrogens with two attached hydrogens (primary N) is 1. The molecule has 0 heterocycles. The zero-order valence-electron chi connectivity index (χ0n) is 7.11. The summed E-state index contributed by atoms with van der Waals surface area (Å²) >= 11 is 0. The van der Waals surface area contributed by atoms with E-state index < -0.39 is 18.3 Å². The number of aliphatic carboxylic acids is 1. The van der Waals surface area contributed by atoms with Crippen molar-refractivity contribution in [2.45, 2.75) is 18.8 Å². The molecule has 6 nitrogen and oxygen atoms in total. The van der Waals surface area contributed by atoms with Gasteiger partial charge in [0.25, 0.3) is 0 Å². The van der Waals surface area contributed by atoms with Crippen molar-refractivity contribution in [1.29, 1.82) is 0 Å². The van der Waals surface area contributed by atoms with Crippen LogP contribution in [0, 0.1) is 0 Å². The van der Waals surface area contributed by atoms with Gasteiger partial charge in [-0.3, -0.25) is 10.6 Å². The van der Waals surface area contributed by atoms with Gasteiger partial charge in [-0.15, -0.1) is 0 Å². The SMILES string of the molecule is COC(CC(NN)C(=O)O)OC. The highest BCUT2D eigenvalue weighted by Crippen LogP contribution is 2.01. The van der Waals surface area contributed by atoms with Gasteiger partial charge < -0.3 is 14.6 Å². The minimum atomic E-state index is -1.03. The standard InChI is InChI=1S/C6H14N2O4/c1-11-5(12-2)3-4(8-7)6(9)10/h4-5,8H,3,7H2,1-2H3,(H,9,10). The molecule has 0 aromatic rings. The lowest BCUT2D eigenvalue weighted by molar-refractivity contribution is -0.146. The number of methoxy groups -OCH3 is 2. The number of hydrogen-bond acceptors (Lipinski definition) is 5. The molecule has 0 fully saturated rings. The average Bonchev–Trinajstić information content (AvgIpc) is 2.06. The van der Waals surface area contributed by atoms with E-state index in [0.717, 1.165) is 0 Å². The van der Waals surface area contributed by atoms with E-state index in [4.69, 9.17) is 20.4 Å². The molecule has 0 rings (SSSR count). The van der Waals surface area contributed by atoms with Crippen LogP contribution in [0.1, 0.15) is 6.42 Å². The van der Waals surface area contributed by atoms with Crippen LogP contribution < -0.4 is 11.3 Å². The van der Waals surface area contributed by atoms with Gasteiger partial charge in [-0.05, 0) is 0 Å². The Morgan fingerprint density at radius 1 is 1.58 bits per heavy atom. The maximum absolute atomic E-state index is 10.4. The van der Waals surface area contributed by atoms with Crippen LogP contribution in [0.15, 0.2) is 0 Å². The topological polar surface area (TPSA) is 93.8 Å². The fourth-order valence-electron chi connectivity index (χ4n) is 0.721. The third-order valence-corrected chi connectivity index (χ3v) is 1.45. The van der Waals surface area contributed by atoms with Crippen LogP contribution in [-0.2, 0) is 14.3 Å². The van der Waals surface area contributed by atoms with Crippen LogP contribution in [0.25, 0.3) is 0 Å². The number of carbonyl (C=O) groups is 1. The summed E-state index contributed by atoms with van der Waals surface area (Å²) in [7, 11) is 2.87. The zero-order chi connectivity index (χ0) is 9.56. The molecule has 0 aromatic carbocycles. The molecule has 12 heavy (non-hydrogen) atoms. The van der Waals surface area contributed by atoms with Crippen molar-refractivity contribution in [2.75, 3.05) is 14.2 Å². The molecule has 1 unspecified atom stereocenters. The van der Waals surface area contributed by atoms with Crippen LogP contribution >= 0.6 is 0 Å². The van der Waals surface area contributed by atoms with E-state index in [-0.39, 0.29) is 6.42 Å². The third kappa shape index (κ3) is 3.63. The molecule has 0 saturated carbocycles. The minimum absolute atomic E-state index is 0.166. The van der Waals surface area contributed by atoms with Gasteiger partial charge in [0.15, 0.2) is 6.29 Å². The highest BCUT2D eigenvalue weighted by atomic mass is 16.7. The number of ether oxygens (including phenoxy) is 2. The first-order chi connectivity index (χ1) is 5.65. The van der Waals surface area contributed by atoms with Crippen molar-refractivity contribution in [1.82, 2.24) is 5.43 Å². The molecule has 0 spiro atoms. The van der Waals surface area contributed by atoms with E-state index in [2.05, 4.69) is 5.43 Å². The molecule has 0 bridgehead atoms. The summed E-state index contributed by atoms with van der Waals surface area (Å²) in [5.74, 6) is 3.96. The first-order valence-corrected chi connectivity index (χ1v) is 3.40. The van der Waals surface area contributed by atoms with Crippen molar-refractivity contribution >= 4 is 5.97 Å². The molecule has 0 aromatic heterocycles. The van der Waals surface area contributed by atoms with E-state index in [1.54, 1.807) is 0 Å². The number of hydrazine groups is 1. The van der Waals surface area contributed by atoms with E-state index in [1.165, 1.54) is 14.2 Å². The molecular weight excluding hydrogens is 164 g/mol. The summed E-state index contributed by atoms with van der Waals surface area (Å²) in [6.45, 7) is 0. The van der Waals surface area contributed by atoms with Gasteiger partial charge >= 0.3 is 5.97 Å². The fourth-order valence-corrected chi connectivity index (χ4v) is 0.721. The summed E-state index contributed by atoms with van der Waals surface area (Å²) in [4.78, 5) is 10.4. The number of carboxylic acid groups (broad SMARTS) is 1. The van der Waals surface area contributed by atoms with Crippen LogP contribution in [0.2, 0.25) is 0 Å². The average molecular weight is 178 g/mol. The van der Waals surface area contributed by atoms with Crippen LogP contribution in [0.4, 0.5) is 0 Å². The summed E-state index contributed by atoms with van der Waals surface area (Å²) in [6.07, 6.45) is -0.388. The van der Waals surface area contributed by atoms with Crippen LogP contribution in [0.3, 0.4) is 0 Å². The lowest BCUT2D eigenvalue weighted by atomic mass is 10.2. The Labute approximate surface area is 70.6 Å². The van der Waals surface area contributed by atoms with Gasteiger partial charge in [0.05, 0.1) is 0 Å². The van der Waals surface area contributed by atoms with E-state index in [9.17, 15) is 4.79 Å². The maximum Gasteiger partial charge on any atom is 0.322 e. The van der Waals surface area contributed by atoms with E-state index in [1.807, 2.05) is 0 Å². The van der Waals surface area contributed by atoms with Crippen molar-refractivity contribution in [3.8, 4) is 0 Å². The second-order valence-electron chi connectivity index (χ2n) is 2.19. The minimum Gasteiger partial charge on any atom is -0.480 e. The Bertz CT molecular complexity index is 138. The molecule has 1 atom stereocenters. The molecule has 0 aliphatic carbocycles. The highest BCUT2D eigenvalue weighted by Gasteiger charge is 2.20. The van der Waals surface area contributed by atoms with Crippen molar-refractivity contribution in [3.05, 3.63) is 0 Å². The van der Waals surface area contributed by atoms with Crippen molar-refractivity contribution < 1.29 is 19.4 Å². The first kappa shape index (κ1) is 11.3. The Morgan fingerprint density at radius 3 is 2.33 bits per heavy atom. The lowest BCUT2D eigenvalue weighted by Gasteiger charge is -2.17. The number of carboxylic acids is 1. The molecule has 0 saturated heterocycles. The summed E-state index contributed by atoms with van der Waals surface area (Å²) in [5, 5.41) is 8.56. The maximum atomic E-state index is 10.4. The predicted molar refractivity (Wildman–Crippen MR) is 41.2 cm³/mol. The number of rotatable bonds is 6. The van der Waals surface area contributed by atoms with Gasteiger partial charge in [0.2, 0.25) is 0 Å². The largest absolute Gasteiger partial charge is 0.480 e. The number of nitrogens with one attached hydrogen (secondary N) is 1. The molecule has 0 radical (unpaired) electrons.